The Labute approximate surface area is 269 Å². The SMILES string of the molecule is CC1(O)C(COC(Cc2ccc(-c3ccccc3C(=O)O)cc2)(C(=O)O)c2cscn2)O[C@@H](n2cnc3c(N)nc(Cl)nc32)[C@@H]1O. The highest BCUT2D eigenvalue weighted by Crippen LogP contribution is 2.40. The van der Waals surface area contributed by atoms with Gasteiger partial charge in [-0.05, 0) is 41.3 Å². The average molecular weight is 667 g/mol. The Hall–Kier alpha value is -4.51. The molecule has 2 aromatic carbocycles. The molecule has 16 heteroatoms. The van der Waals surface area contributed by atoms with E-state index in [1.165, 1.54) is 40.7 Å². The van der Waals surface area contributed by atoms with E-state index in [2.05, 4.69) is 19.9 Å². The number of aliphatic carboxylic acids is 1. The lowest BCUT2D eigenvalue weighted by Gasteiger charge is -2.32. The molecule has 0 saturated carbocycles. The number of carbonyl (C=O) groups is 2. The van der Waals surface area contributed by atoms with Crippen molar-refractivity contribution in [3.05, 3.63) is 87.9 Å². The first-order chi connectivity index (χ1) is 21.9. The van der Waals surface area contributed by atoms with Crippen LogP contribution in [0.1, 0.15) is 34.8 Å². The number of thiazole rings is 1. The van der Waals surface area contributed by atoms with Crippen LogP contribution in [0.5, 0.6) is 0 Å². The molecule has 0 bridgehead atoms. The number of aliphatic hydroxyl groups is 2. The minimum atomic E-state index is -2.01. The maximum absolute atomic E-state index is 13.0. The van der Waals surface area contributed by atoms with E-state index in [1.807, 2.05) is 0 Å². The van der Waals surface area contributed by atoms with E-state index in [0.717, 1.165) is 0 Å². The number of hydrogen-bond donors (Lipinski definition) is 5. The number of hydrogen-bond acceptors (Lipinski definition) is 12. The predicted molar refractivity (Wildman–Crippen MR) is 165 cm³/mol. The van der Waals surface area contributed by atoms with Crippen molar-refractivity contribution in [2.45, 2.75) is 43.0 Å². The first kappa shape index (κ1) is 31.5. The Balaban J connectivity index is 1.28. The summed E-state index contributed by atoms with van der Waals surface area (Å²) >= 11 is 7.17. The number of aromatic carboxylic acids is 1. The molecule has 0 aliphatic carbocycles. The van der Waals surface area contributed by atoms with E-state index < -0.39 is 48.2 Å². The third kappa shape index (κ3) is 5.46. The standard InChI is InChI=1S/C30H27ClN6O8S/c1-29(43)20(45-25(22(29)38)37-13-33-21-23(32)35-28(31)36-24(21)37)11-44-30(27(41)42,19-12-46-14-34-19)10-15-6-8-16(9-7-15)17-4-2-3-5-18(17)26(39)40/h2-9,12-14,20,22,25,38,43H,10-11H2,1H3,(H,39,40)(H,41,42)(H2,32,35,36)/t20?,22-,25+,29?,30?/m0/s1. The number of carboxylic acids is 2. The number of nitrogens with zero attached hydrogens (tertiary/aromatic N) is 5. The molecule has 5 aromatic rings. The van der Waals surface area contributed by atoms with Gasteiger partial charge in [-0.25, -0.2) is 19.6 Å². The number of aliphatic hydroxyl groups excluding tert-OH is 1. The molecule has 0 amide bonds. The lowest BCUT2D eigenvalue weighted by Crippen LogP contribution is -2.49. The maximum Gasteiger partial charge on any atom is 0.342 e. The molecule has 1 fully saturated rings. The quantitative estimate of drug-likeness (QED) is 0.136. The van der Waals surface area contributed by atoms with Gasteiger partial charge in [0.2, 0.25) is 10.9 Å². The van der Waals surface area contributed by atoms with Crippen LogP contribution in [-0.4, -0.2) is 81.3 Å². The summed E-state index contributed by atoms with van der Waals surface area (Å²) in [5.41, 5.74) is 5.80. The number of ether oxygens (including phenoxy) is 2. The van der Waals surface area contributed by atoms with E-state index in [9.17, 15) is 30.0 Å². The van der Waals surface area contributed by atoms with Gasteiger partial charge in [0.1, 0.15) is 23.3 Å². The zero-order valence-electron chi connectivity index (χ0n) is 24.0. The van der Waals surface area contributed by atoms with Gasteiger partial charge in [0.25, 0.3) is 0 Å². The second-order valence-electron chi connectivity index (χ2n) is 10.9. The third-order valence-corrected chi connectivity index (χ3v) is 8.82. The van der Waals surface area contributed by atoms with Crippen molar-refractivity contribution in [3.8, 4) is 11.1 Å². The van der Waals surface area contributed by atoms with Crippen LogP contribution in [0, 0.1) is 0 Å². The fourth-order valence-electron chi connectivity index (χ4n) is 5.49. The number of rotatable bonds is 10. The molecule has 3 aromatic heterocycles. The number of fused-ring (bicyclic) bond motifs is 1. The van der Waals surface area contributed by atoms with Gasteiger partial charge in [-0.15, -0.1) is 11.3 Å². The summed E-state index contributed by atoms with van der Waals surface area (Å²) in [6.45, 7) is 0.888. The van der Waals surface area contributed by atoms with Crippen LogP contribution in [0.4, 0.5) is 5.82 Å². The van der Waals surface area contributed by atoms with Gasteiger partial charge in [-0.1, -0.05) is 42.5 Å². The minimum Gasteiger partial charge on any atom is -0.479 e. The molecule has 1 saturated heterocycles. The maximum atomic E-state index is 13.0. The zero-order chi connectivity index (χ0) is 32.8. The molecule has 0 spiro atoms. The lowest BCUT2D eigenvalue weighted by atomic mass is 9.89. The van der Waals surface area contributed by atoms with Crippen LogP contribution in [0.2, 0.25) is 5.28 Å². The van der Waals surface area contributed by atoms with Gasteiger partial charge in [-0.2, -0.15) is 9.97 Å². The molecule has 46 heavy (non-hydrogen) atoms. The van der Waals surface area contributed by atoms with E-state index in [-0.39, 0.29) is 39.9 Å². The highest BCUT2D eigenvalue weighted by Gasteiger charge is 2.55. The molecule has 14 nitrogen and oxygen atoms in total. The number of imidazole rings is 1. The molecule has 4 heterocycles. The summed E-state index contributed by atoms with van der Waals surface area (Å²) in [6.07, 6.45) is -2.80. The smallest absolute Gasteiger partial charge is 0.342 e. The van der Waals surface area contributed by atoms with Gasteiger partial charge >= 0.3 is 11.9 Å². The number of anilines is 1. The van der Waals surface area contributed by atoms with Crippen LogP contribution < -0.4 is 5.73 Å². The summed E-state index contributed by atoms with van der Waals surface area (Å²) in [6, 6.07) is 13.3. The predicted octanol–water partition coefficient (Wildman–Crippen LogP) is 3.13. The summed E-state index contributed by atoms with van der Waals surface area (Å²) in [5.74, 6) is -2.39. The van der Waals surface area contributed by atoms with Crippen molar-refractivity contribution < 1.29 is 39.5 Å². The van der Waals surface area contributed by atoms with Crippen molar-refractivity contribution in [2.24, 2.45) is 0 Å². The van der Waals surface area contributed by atoms with Crippen molar-refractivity contribution in [3.63, 3.8) is 0 Å². The molecule has 5 atom stereocenters. The monoisotopic (exact) mass is 666 g/mol. The molecular weight excluding hydrogens is 640 g/mol. The largest absolute Gasteiger partial charge is 0.479 e. The minimum absolute atomic E-state index is 0.0153. The highest BCUT2D eigenvalue weighted by molar-refractivity contribution is 7.07. The highest BCUT2D eigenvalue weighted by atomic mass is 35.5. The molecule has 1 aliphatic heterocycles. The Morgan fingerprint density at radius 2 is 1.89 bits per heavy atom. The summed E-state index contributed by atoms with van der Waals surface area (Å²) in [5, 5.41) is 44.1. The van der Waals surface area contributed by atoms with Gasteiger partial charge in [0, 0.05) is 11.8 Å². The van der Waals surface area contributed by atoms with Crippen LogP contribution in [-0.2, 0) is 26.3 Å². The van der Waals surface area contributed by atoms with E-state index in [0.29, 0.717) is 16.7 Å². The molecule has 3 unspecified atom stereocenters. The number of halogens is 1. The van der Waals surface area contributed by atoms with Gasteiger partial charge in [0.15, 0.2) is 17.7 Å². The number of aromatic nitrogens is 5. The fraction of sp³-hybridized carbons (Fsp3) is 0.267. The van der Waals surface area contributed by atoms with Crippen LogP contribution >= 0.6 is 22.9 Å². The van der Waals surface area contributed by atoms with Crippen molar-refractivity contribution >= 4 is 51.9 Å². The molecule has 1 aliphatic rings. The Morgan fingerprint density at radius 3 is 2.57 bits per heavy atom. The summed E-state index contributed by atoms with van der Waals surface area (Å²) < 4.78 is 13.6. The van der Waals surface area contributed by atoms with Gasteiger partial charge in [0.05, 0.1) is 29.7 Å². The van der Waals surface area contributed by atoms with E-state index >= 15 is 0 Å². The van der Waals surface area contributed by atoms with Crippen molar-refractivity contribution in [1.82, 2.24) is 24.5 Å². The normalized spacial score (nSPS) is 22.6. The third-order valence-electron chi connectivity index (χ3n) is 8.07. The van der Waals surface area contributed by atoms with Crippen LogP contribution in [0.15, 0.2) is 65.7 Å². The van der Waals surface area contributed by atoms with Crippen LogP contribution in [0.3, 0.4) is 0 Å². The van der Waals surface area contributed by atoms with Gasteiger partial charge < -0.3 is 35.6 Å². The lowest BCUT2D eigenvalue weighted by molar-refractivity contribution is -0.180. The summed E-state index contributed by atoms with van der Waals surface area (Å²) in [4.78, 5) is 41.1. The van der Waals surface area contributed by atoms with E-state index in [4.69, 9.17) is 26.8 Å². The Bertz CT molecular complexity index is 1920. The molecule has 0 radical (unpaired) electrons. The van der Waals surface area contributed by atoms with Gasteiger partial charge in [-0.3, -0.25) is 4.57 Å². The second kappa shape index (κ2) is 12.0. The first-order valence-electron chi connectivity index (χ1n) is 13.8. The number of nitrogens with two attached hydrogens (primary N) is 1. The van der Waals surface area contributed by atoms with Crippen LogP contribution in [0.25, 0.3) is 22.3 Å². The summed E-state index contributed by atoms with van der Waals surface area (Å²) in [7, 11) is 0. The number of carboxylic acid groups (broad SMARTS) is 2. The molecular formula is C30H27ClN6O8S. The molecule has 6 N–H and O–H groups in total. The topological polar surface area (TPSA) is 216 Å². The fourth-order valence-corrected chi connectivity index (χ4v) is 6.27. The van der Waals surface area contributed by atoms with Crippen molar-refractivity contribution in [2.75, 3.05) is 12.3 Å². The van der Waals surface area contributed by atoms with Crippen molar-refractivity contribution in [1.29, 1.82) is 0 Å². The first-order valence-corrected chi connectivity index (χ1v) is 15.1. The number of benzene rings is 2. The zero-order valence-corrected chi connectivity index (χ0v) is 25.6. The Kier molecular flexibility index (Phi) is 8.22. The average Bonchev–Trinajstić information content (AvgIpc) is 3.76. The second-order valence-corrected chi connectivity index (χ2v) is 12.0. The molecule has 6 rings (SSSR count). The van der Waals surface area contributed by atoms with E-state index in [1.54, 1.807) is 47.8 Å². The Morgan fingerprint density at radius 1 is 1.15 bits per heavy atom. The molecule has 238 valence electrons. The number of nitrogen functional groups attached to an aromatic ring is 1.